The van der Waals surface area contributed by atoms with Gasteiger partial charge in [0.2, 0.25) is 0 Å². The van der Waals surface area contributed by atoms with Gasteiger partial charge in [-0.3, -0.25) is 0 Å². The first-order valence-electron chi connectivity index (χ1n) is 6.15. The molecule has 92 valence electrons. The average molecular weight is 265 g/mol. The molecule has 2 nitrogen and oxygen atoms in total. The highest BCUT2D eigenvalue weighted by molar-refractivity contribution is 7.26. The maximum absolute atomic E-state index is 9.04. The summed E-state index contributed by atoms with van der Waals surface area (Å²) in [7, 11) is 0. The van der Waals surface area contributed by atoms with Crippen molar-refractivity contribution in [3.63, 3.8) is 0 Å². The van der Waals surface area contributed by atoms with Gasteiger partial charge >= 0.3 is 0 Å². The molecule has 0 aliphatic rings. The lowest BCUT2D eigenvalue weighted by molar-refractivity contribution is 0.319. The van der Waals surface area contributed by atoms with Gasteiger partial charge in [0.15, 0.2) is 0 Å². The molecule has 4 rings (SSSR count). The topological polar surface area (TPSA) is 32.6 Å². The average Bonchev–Trinajstić information content (AvgIpc) is 2.85. The van der Waals surface area contributed by atoms with E-state index in [-0.39, 0.29) is 0 Å². The second kappa shape index (κ2) is 3.68. The third-order valence-corrected chi connectivity index (χ3v) is 4.88. The Labute approximate surface area is 113 Å². The van der Waals surface area contributed by atoms with Crippen LogP contribution in [0.4, 0.5) is 0 Å². The summed E-state index contributed by atoms with van der Waals surface area (Å²) < 4.78 is 2.50. The van der Waals surface area contributed by atoms with E-state index < -0.39 is 0 Å². The van der Waals surface area contributed by atoms with E-state index in [1.54, 1.807) is 11.3 Å². The first kappa shape index (κ1) is 10.8. The van der Waals surface area contributed by atoms with Gasteiger partial charge in [-0.05, 0) is 23.8 Å². The molecule has 0 fully saturated rings. The van der Waals surface area contributed by atoms with Crippen LogP contribution < -0.4 is 0 Å². The van der Waals surface area contributed by atoms with Gasteiger partial charge in [0.05, 0.1) is 5.71 Å². The van der Waals surface area contributed by atoms with Crippen molar-refractivity contribution >= 4 is 48.0 Å². The van der Waals surface area contributed by atoms with E-state index in [9.17, 15) is 0 Å². The van der Waals surface area contributed by atoms with Crippen LogP contribution in [0.25, 0.3) is 30.9 Å². The summed E-state index contributed by atoms with van der Waals surface area (Å²) in [6.07, 6.45) is 0. The molecule has 4 aromatic rings. The SMILES string of the molecule is C/C(=N\O)c1ccc2ccc3cccc4sc1c2c34. The molecule has 0 radical (unpaired) electrons. The Bertz CT molecular complexity index is 936. The third kappa shape index (κ3) is 1.33. The number of hydrogen-bond acceptors (Lipinski definition) is 3. The molecule has 19 heavy (non-hydrogen) atoms. The number of thiophene rings is 1. The zero-order valence-corrected chi connectivity index (χ0v) is 11.2. The first-order chi connectivity index (χ1) is 9.29. The Morgan fingerprint density at radius 1 is 1.00 bits per heavy atom. The molecule has 1 heterocycles. The monoisotopic (exact) mass is 265 g/mol. The number of oxime groups is 1. The number of nitrogens with zero attached hydrogens (tertiary/aromatic N) is 1. The molecule has 0 unspecified atom stereocenters. The molecule has 0 saturated heterocycles. The lowest BCUT2D eigenvalue weighted by Crippen LogP contribution is -1.94. The standard InChI is InChI=1S/C16H11NOS/c1-9(17-18)12-8-7-11-6-5-10-3-2-4-13-14(10)15(11)16(12)19-13/h2-8,18H,1H3/b17-9+. The molecule has 0 atom stereocenters. The summed E-state index contributed by atoms with van der Waals surface area (Å²) >= 11 is 1.77. The molecule has 0 saturated carbocycles. The van der Waals surface area contributed by atoms with Crippen LogP contribution in [-0.4, -0.2) is 10.9 Å². The summed E-state index contributed by atoms with van der Waals surface area (Å²) in [5.74, 6) is 0. The van der Waals surface area contributed by atoms with Gasteiger partial charge in [-0.15, -0.1) is 11.3 Å². The highest BCUT2D eigenvalue weighted by atomic mass is 32.1. The minimum atomic E-state index is 0.661. The summed E-state index contributed by atoms with van der Waals surface area (Å²) in [4.78, 5) is 0. The van der Waals surface area contributed by atoms with Crippen LogP contribution in [0.3, 0.4) is 0 Å². The second-order valence-electron chi connectivity index (χ2n) is 4.75. The van der Waals surface area contributed by atoms with Crippen LogP contribution in [-0.2, 0) is 0 Å². The van der Waals surface area contributed by atoms with Gasteiger partial charge in [0, 0.05) is 25.7 Å². The van der Waals surface area contributed by atoms with Crippen molar-refractivity contribution in [3.05, 3.63) is 48.0 Å². The Kier molecular flexibility index (Phi) is 2.09. The number of hydrogen-bond donors (Lipinski definition) is 1. The molecule has 0 amide bonds. The van der Waals surface area contributed by atoms with E-state index in [1.807, 2.05) is 13.0 Å². The Balaban J connectivity index is 2.32. The van der Waals surface area contributed by atoms with Crippen molar-refractivity contribution < 1.29 is 5.21 Å². The number of rotatable bonds is 1. The van der Waals surface area contributed by atoms with Crippen molar-refractivity contribution in [2.24, 2.45) is 5.16 Å². The van der Waals surface area contributed by atoms with E-state index in [4.69, 9.17) is 5.21 Å². The molecular formula is C16H11NOS. The van der Waals surface area contributed by atoms with Crippen LogP contribution in [0.1, 0.15) is 12.5 Å². The van der Waals surface area contributed by atoms with Crippen LogP contribution >= 0.6 is 11.3 Å². The summed E-state index contributed by atoms with van der Waals surface area (Å²) in [5.41, 5.74) is 1.68. The van der Waals surface area contributed by atoms with Crippen LogP contribution in [0, 0.1) is 0 Å². The quantitative estimate of drug-likeness (QED) is 0.227. The summed E-state index contributed by atoms with van der Waals surface area (Å²) in [5, 5.41) is 17.5. The fourth-order valence-corrected chi connectivity index (χ4v) is 4.10. The third-order valence-electron chi connectivity index (χ3n) is 3.69. The zero-order valence-electron chi connectivity index (χ0n) is 10.3. The molecule has 0 bridgehead atoms. The minimum absolute atomic E-state index is 0.661. The number of benzene rings is 3. The van der Waals surface area contributed by atoms with Crippen molar-refractivity contribution in [2.75, 3.05) is 0 Å². The zero-order chi connectivity index (χ0) is 13.0. The Morgan fingerprint density at radius 2 is 1.74 bits per heavy atom. The van der Waals surface area contributed by atoms with Gasteiger partial charge in [-0.1, -0.05) is 41.6 Å². The minimum Gasteiger partial charge on any atom is -0.411 e. The molecule has 1 aromatic heterocycles. The highest BCUT2D eigenvalue weighted by Crippen LogP contribution is 2.42. The van der Waals surface area contributed by atoms with E-state index in [0.717, 1.165) is 5.56 Å². The van der Waals surface area contributed by atoms with E-state index in [2.05, 4.69) is 41.6 Å². The van der Waals surface area contributed by atoms with Crippen LogP contribution in [0.5, 0.6) is 0 Å². The van der Waals surface area contributed by atoms with Crippen molar-refractivity contribution in [3.8, 4) is 0 Å². The van der Waals surface area contributed by atoms with Gasteiger partial charge in [0.1, 0.15) is 0 Å². The molecule has 3 heteroatoms. The van der Waals surface area contributed by atoms with Crippen molar-refractivity contribution in [2.45, 2.75) is 6.92 Å². The van der Waals surface area contributed by atoms with Gasteiger partial charge < -0.3 is 5.21 Å². The summed E-state index contributed by atoms with van der Waals surface area (Å²) in [6, 6.07) is 14.9. The lowest BCUT2D eigenvalue weighted by Gasteiger charge is -2.05. The van der Waals surface area contributed by atoms with E-state index in [1.165, 1.54) is 30.9 Å². The molecule has 0 aliphatic heterocycles. The van der Waals surface area contributed by atoms with E-state index >= 15 is 0 Å². The molecular weight excluding hydrogens is 254 g/mol. The fourth-order valence-electron chi connectivity index (χ4n) is 2.77. The Morgan fingerprint density at radius 3 is 2.53 bits per heavy atom. The maximum Gasteiger partial charge on any atom is 0.0851 e. The molecule has 0 aliphatic carbocycles. The van der Waals surface area contributed by atoms with Crippen molar-refractivity contribution in [1.29, 1.82) is 0 Å². The lowest BCUT2D eigenvalue weighted by atomic mass is 9.99. The first-order valence-corrected chi connectivity index (χ1v) is 6.96. The van der Waals surface area contributed by atoms with Gasteiger partial charge in [-0.2, -0.15) is 0 Å². The molecule has 0 spiro atoms. The fraction of sp³-hybridized carbons (Fsp3) is 0.0625. The second-order valence-corrected chi connectivity index (χ2v) is 5.80. The van der Waals surface area contributed by atoms with Crippen LogP contribution in [0.15, 0.2) is 47.6 Å². The molecule has 3 aromatic carbocycles. The Hall–Kier alpha value is -2.13. The maximum atomic E-state index is 9.04. The smallest absolute Gasteiger partial charge is 0.0851 e. The molecule has 1 N–H and O–H groups in total. The normalized spacial score (nSPS) is 13.0. The van der Waals surface area contributed by atoms with Gasteiger partial charge in [0.25, 0.3) is 0 Å². The van der Waals surface area contributed by atoms with E-state index in [0.29, 0.717) is 5.71 Å². The van der Waals surface area contributed by atoms with Crippen LogP contribution in [0.2, 0.25) is 0 Å². The highest BCUT2D eigenvalue weighted by Gasteiger charge is 2.14. The van der Waals surface area contributed by atoms with Crippen molar-refractivity contribution in [1.82, 2.24) is 0 Å². The predicted molar refractivity (Wildman–Crippen MR) is 82.0 cm³/mol. The predicted octanol–water partition coefficient (Wildman–Crippen LogP) is 4.84. The van der Waals surface area contributed by atoms with Gasteiger partial charge in [-0.25, -0.2) is 0 Å². The summed E-state index contributed by atoms with van der Waals surface area (Å²) in [6.45, 7) is 1.83. The largest absolute Gasteiger partial charge is 0.411 e.